The minimum absolute atomic E-state index is 0.250. The molecular weight excluding hydrogens is 332 g/mol. The summed E-state index contributed by atoms with van der Waals surface area (Å²) in [5.41, 5.74) is 1.16. The van der Waals surface area contributed by atoms with E-state index in [9.17, 15) is 5.11 Å². The number of nitrogens with zero attached hydrogens (tertiary/aromatic N) is 1. The number of rotatable bonds is 11. The Morgan fingerprint density at radius 1 is 1.23 bits per heavy atom. The molecule has 0 aromatic heterocycles. The molecule has 2 rings (SSSR count). The number of hydrogen-bond acceptors (Lipinski definition) is 6. The van der Waals surface area contributed by atoms with E-state index in [1.807, 2.05) is 18.2 Å². The van der Waals surface area contributed by atoms with Gasteiger partial charge in [-0.15, -0.1) is 0 Å². The van der Waals surface area contributed by atoms with E-state index in [4.69, 9.17) is 14.2 Å². The number of benzene rings is 1. The Labute approximate surface area is 157 Å². The molecule has 1 heterocycles. The first-order valence-corrected chi connectivity index (χ1v) is 9.57. The summed E-state index contributed by atoms with van der Waals surface area (Å²) in [7, 11) is 1.64. The first-order chi connectivity index (χ1) is 12.6. The second-order valence-electron chi connectivity index (χ2n) is 7.22. The van der Waals surface area contributed by atoms with Crippen molar-refractivity contribution in [1.29, 1.82) is 0 Å². The standard InChI is InChI=1S/C20H34N2O4/c1-16(2)6-7-21-13-17-4-5-19(20(12-17)24-3)26-15-18(23)14-22-8-10-25-11-9-22/h4-5,12,16,18,21,23H,6-11,13-15H2,1-3H3. The van der Waals surface area contributed by atoms with Gasteiger partial charge in [0.05, 0.1) is 20.3 Å². The third-order valence-electron chi connectivity index (χ3n) is 4.46. The van der Waals surface area contributed by atoms with E-state index >= 15 is 0 Å². The summed E-state index contributed by atoms with van der Waals surface area (Å²) in [5.74, 6) is 2.07. The Morgan fingerprint density at radius 3 is 2.69 bits per heavy atom. The summed E-state index contributed by atoms with van der Waals surface area (Å²) >= 11 is 0. The van der Waals surface area contributed by atoms with Gasteiger partial charge in [0.15, 0.2) is 11.5 Å². The minimum atomic E-state index is -0.532. The van der Waals surface area contributed by atoms with Crippen molar-refractivity contribution in [3.05, 3.63) is 23.8 Å². The Morgan fingerprint density at radius 2 is 2.00 bits per heavy atom. The summed E-state index contributed by atoms with van der Waals surface area (Å²) in [6.07, 6.45) is 0.634. The Hall–Kier alpha value is -1.34. The second-order valence-corrected chi connectivity index (χ2v) is 7.22. The molecule has 1 atom stereocenters. The molecule has 1 unspecified atom stereocenters. The number of aliphatic hydroxyl groups excluding tert-OH is 1. The van der Waals surface area contributed by atoms with Crippen molar-refractivity contribution < 1.29 is 19.3 Å². The highest BCUT2D eigenvalue weighted by atomic mass is 16.5. The lowest BCUT2D eigenvalue weighted by Gasteiger charge is -2.28. The lowest BCUT2D eigenvalue weighted by atomic mass is 10.1. The van der Waals surface area contributed by atoms with Gasteiger partial charge in [-0.2, -0.15) is 0 Å². The van der Waals surface area contributed by atoms with Gasteiger partial charge in [-0.25, -0.2) is 0 Å². The van der Waals surface area contributed by atoms with E-state index < -0.39 is 6.10 Å². The average molecular weight is 367 g/mol. The predicted molar refractivity (Wildman–Crippen MR) is 103 cm³/mol. The van der Waals surface area contributed by atoms with Crippen LogP contribution in [0.2, 0.25) is 0 Å². The lowest BCUT2D eigenvalue weighted by Crippen LogP contribution is -2.42. The quantitative estimate of drug-likeness (QED) is 0.583. The van der Waals surface area contributed by atoms with Crippen LogP contribution in [0.4, 0.5) is 0 Å². The van der Waals surface area contributed by atoms with E-state index in [1.54, 1.807) is 7.11 Å². The third-order valence-corrected chi connectivity index (χ3v) is 4.46. The van der Waals surface area contributed by atoms with Gasteiger partial charge < -0.3 is 24.6 Å². The van der Waals surface area contributed by atoms with Crippen LogP contribution in [0.1, 0.15) is 25.8 Å². The van der Waals surface area contributed by atoms with Crippen molar-refractivity contribution in [2.24, 2.45) is 5.92 Å². The van der Waals surface area contributed by atoms with Crippen LogP contribution in [0.3, 0.4) is 0 Å². The third kappa shape index (κ3) is 7.50. The highest BCUT2D eigenvalue weighted by Crippen LogP contribution is 2.28. The monoisotopic (exact) mass is 366 g/mol. The summed E-state index contributed by atoms with van der Waals surface area (Å²) in [6.45, 7) is 10.3. The zero-order valence-corrected chi connectivity index (χ0v) is 16.4. The van der Waals surface area contributed by atoms with Gasteiger partial charge in [0.25, 0.3) is 0 Å². The number of morpholine rings is 1. The predicted octanol–water partition coefficient (Wildman–Crippen LogP) is 1.90. The number of β-amino-alcohol motifs (C(OH)–C–C–N with tert-alkyl or cyclic N) is 1. The highest BCUT2D eigenvalue weighted by molar-refractivity contribution is 5.43. The Kier molecular flexibility index (Phi) is 9.18. The molecule has 0 radical (unpaired) electrons. The van der Waals surface area contributed by atoms with Gasteiger partial charge in [0.2, 0.25) is 0 Å². The Bertz CT molecular complexity index is 519. The number of methoxy groups -OCH3 is 1. The fourth-order valence-electron chi connectivity index (χ4n) is 2.89. The summed E-state index contributed by atoms with van der Waals surface area (Å²) in [6, 6.07) is 5.94. The molecule has 1 saturated heterocycles. The molecule has 1 fully saturated rings. The van der Waals surface area contributed by atoms with E-state index in [0.717, 1.165) is 45.0 Å². The summed E-state index contributed by atoms with van der Waals surface area (Å²) in [5, 5.41) is 13.7. The summed E-state index contributed by atoms with van der Waals surface area (Å²) < 4.78 is 16.6. The summed E-state index contributed by atoms with van der Waals surface area (Å²) in [4.78, 5) is 2.20. The number of aliphatic hydroxyl groups is 1. The minimum Gasteiger partial charge on any atom is -0.493 e. The van der Waals surface area contributed by atoms with Crippen LogP contribution in [-0.4, -0.2) is 69.2 Å². The molecule has 0 saturated carbocycles. The average Bonchev–Trinajstić information content (AvgIpc) is 2.64. The maximum atomic E-state index is 10.2. The van der Waals surface area contributed by atoms with Gasteiger partial charge >= 0.3 is 0 Å². The van der Waals surface area contributed by atoms with Crippen LogP contribution in [0.25, 0.3) is 0 Å². The van der Waals surface area contributed by atoms with E-state index in [-0.39, 0.29) is 6.61 Å². The van der Waals surface area contributed by atoms with Crippen molar-refractivity contribution in [2.75, 3.05) is 53.1 Å². The molecule has 0 bridgehead atoms. The topological polar surface area (TPSA) is 63.2 Å². The number of ether oxygens (including phenoxy) is 3. The number of hydrogen-bond donors (Lipinski definition) is 2. The molecule has 1 aliphatic heterocycles. The van der Waals surface area contributed by atoms with Crippen molar-refractivity contribution >= 4 is 0 Å². The lowest BCUT2D eigenvalue weighted by molar-refractivity contribution is 0.00445. The molecule has 0 spiro atoms. The van der Waals surface area contributed by atoms with E-state index in [1.165, 1.54) is 6.42 Å². The zero-order chi connectivity index (χ0) is 18.8. The fraction of sp³-hybridized carbons (Fsp3) is 0.700. The van der Waals surface area contributed by atoms with E-state index in [2.05, 4.69) is 24.1 Å². The molecular formula is C20H34N2O4. The Balaban J connectivity index is 1.78. The van der Waals surface area contributed by atoms with Gasteiger partial charge in [-0.3, -0.25) is 4.90 Å². The molecule has 0 aliphatic carbocycles. The van der Waals surface area contributed by atoms with E-state index in [0.29, 0.717) is 24.0 Å². The van der Waals surface area contributed by atoms with Gasteiger partial charge in [0.1, 0.15) is 12.7 Å². The SMILES string of the molecule is COc1cc(CNCCC(C)C)ccc1OCC(O)CN1CCOCC1. The second kappa shape index (κ2) is 11.4. The molecule has 1 aromatic carbocycles. The van der Waals surface area contributed by atoms with Crippen LogP contribution in [0.15, 0.2) is 18.2 Å². The molecule has 6 nitrogen and oxygen atoms in total. The van der Waals surface area contributed by atoms with Gasteiger partial charge in [0, 0.05) is 26.2 Å². The maximum Gasteiger partial charge on any atom is 0.161 e. The van der Waals surface area contributed by atoms with Crippen LogP contribution in [0, 0.1) is 5.92 Å². The molecule has 2 N–H and O–H groups in total. The van der Waals surface area contributed by atoms with Gasteiger partial charge in [-0.1, -0.05) is 19.9 Å². The van der Waals surface area contributed by atoms with Crippen LogP contribution in [0.5, 0.6) is 11.5 Å². The molecule has 1 aromatic rings. The largest absolute Gasteiger partial charge is 0.493 e. The molecule has 148 valence electrons. The molecule has 1 aliphatic rings. The fourth-order valence-corrected chi connectivity index (χ4v) is 2.89. The van der Waals surface area contributed by atoms with Crippen LogP contribution >= 0.6 is 0 Å². The van der Waals surface area contributed by atoms with Crippen molar-refractivity contribution in [3.63, 3.8) is 0 Å². The van der Waals surface area contributed by atoms with Crippen LogP contribution in [-0.2, 0) is 11.3 Å². The van der Waals surface area contributed by atoms with Crippen LogP contribution < -0.4 is 14.8 Å². The first kappa shape index (κ1) is 21.0. The molecule has 0 amide bonds. The van der Waals surface area contributed by atoms with Crippen molar-refractivity contribution in [2.45, 2.75) is 32.9 Å². The smallest absolute Gasteiger partial charge is 0.161 e. The molecule has 26 heavy (non-hydrogen) atoms. The maximum absolute atomic E-state index is 10.2. The number of nitrogens with one attached hydrogen (secondary N) is 1. The van der Waals surface area contributed by atoms with Crippen molar-refractivity contribution in [1.82, 2.24) is 10.2 Å². The highest BCUT2D eigenvalue weighted by Gasteiger charge is 2.16. The first-order valence-electron chi connectivity index (χ1n) is 9.57. The molecule has 6 heteroatoms. The normalized spacial score (nSPS) is 16.7. The van der Waals surface area contributed by atoms with Crippen molar-refractivity contribution in [3.8, 4) is 11.5 Å². The van der Waals surface area contributed by atoms with Gasteiger partial charge in [-0.05, 0) is 36.6 Å². The zero-order valence-electron chi connectivity index (χ0n) is 16.4.